The molecule has 7 nitrogen and oxygen atoms in total. The Labute approximate surface area is 176 Å². The number of hydrogen-bond acceptors (Lipinski definition) is 7. The molecule has 2 aromatic heterocycles. The lowest BCUT2D eigenvalue weighted by Crippen LogP contribution is -2.29. The van der Waals surface area contributed by atoms with Gasteiger partial charge in [-0.25, -0.2) is 9.78 Å². The smallest absolute Gasteiger partial charge is 0.340 e. The third kappa shape index (κ3) is 4.51. The van der Waals surface area contributed by atoms with E-state index in [1.807, 2.05) is 19.2 Å². The van der Waals surface area contributed by atoms with Gasteiger partial charge >= 0.3 is 5.97 Å². The standard InChI is InChI=1S/C20H21N3O4S2/c1-4-12-10-14-17(29-12)22-20(28-3)23(18(14)25)11-16(24)21-15-9-7-6-8-13(15)19(26)27-5-2/h6-10H,4-5,11H2,1-3H3,(H,21,24). The summed E-state index contributed by atoms with van der Waals surface area (Å²) in [4.78, 5) is 44.0. The Hall–Kier alpha value is -2.65. The van der Waals surface area contributed by atoms with E-state index in [1.54, 1.807) is 31.2 Å². The van der Waals surface area contributed by atoms with E-state index in [9.17, 15) is 14.4 Å². The maximum Gasteiger partial charge on any atom is 0.340 e. The molecule has 0 radical (unpaired) electrons. The number of aryl methyl sites for hydroxylation is 1. The first-order chi connectivity index (χ1) is 14.0. The summed E-state index contributed by atoms with van der Waals surface area (Å²) in [6.07, 6.45) is 2.63. The lowest BCUT2D eigenvalue weighted by Gasteiger charge is -2.13. The van der Waals surface area contributed by atoms with E-state index in [-0.39, 0.29) is 24.3 Å². The van der Waals surface area contributed by atoms with Gasteiger partial charge in [0.05, 0.1) is 23.2 Å². The number of aromatic nitrogens is 2. The van der Waals surface area contributed by atoms with Gasteiger partial charge in [-0.15, -0.1) is 11.3 Å². The van der Waals surface area contributed by atoms with Crippen LogP contribution in [0.1, 0.15) is 29.1 Å². The van der Waals surface area contributed by atoms with Crippen LogP contribution in [0.15, 0.2) is 40.3 Å². The molecule has 0 unspecified atom stereocenters. The Balaban J connectivity index is 1.90. The summed E-state index contributed by atoms with van der Waals surface area (Å²) < 4.78 is 6.39. The molecule has 0 saturated heterocycles. The average molecular weight is 432 g/mol. The van der Waals surface area contributed by atoms with Crippen LogP contribution in [0.3, 0.4) is 0 Å². The fourth-order valence-corrected chi connectivity index (χ4v) is 4.39. The minimum absolute atomic E-state index is 0.202. The molecule has 0 fully saturated rings. The maximum absolute atomic E-state index is 12.9. The number of esters is 1. The first-order valence-electron chi connectivity index (χ1n) is 9.11. The predicted molar refractivity (Wildman–Crippen MR) is 116 cm³/mol. The Morgan fingerprint density at radius 3 is 2.72 bits per heavy atom. The molecule has 2 heterocycles. The van der Waals surface area contributed by atoms with Gasteiger partial charge in [-0.3, -0.25) is 14.2 Å². The summed E-state index contributed by atoms with van der Waals surface area (Å²) >= 11 is 2.80. The number of rotatable bonds is 7. The summed E-state index contributed by atoms with van der Waals surface area (Å²) in [7, 11) is 0. The van der Waals surface area contributed by atoms with Crippen LogP contribution in [-0.4, -0.2) is 34.3 Å². The van der Waals surface area contributed by atoms with Gasteiger partial charge in [0, 0.05) is 4.88 Å². The van der Waals surface area contributed by atoms with Gasteiger partial charge in [0.2, 0.25) is 5.91 Å². The van der Waals surface area contributed by atoms with Gasteiger partial charge in [0.15, 0.2) is 5.16 Å². The van der Waals surface area contributed by atoms with Crippen molar-refractivity contribution in [3.05, 3.63) is 51.1 Å². The van der Waals surface area contributed by atoms with Gasteiger partial charge in [0.1, 0.15) is 11.4 Å². The van der Waals surface area contributed by atoms with Gasteiger partial charge in [-0.05, 0) is 37.8 Å². The van der Waals surface area contributed by atoms with Crippen molar-refractivity contribution in [1.82, 2.24) is 9.55 Å². The van der Waals surface area contributed by atoms with Crippen molar-refractivity contribution >= 4 is 50.9 Å². The van der Waals surface area contributed by atoms with Gasteiger partial charge in [-0.1, -0.05) is 30.8 Å². The van der Waals surface area contributed by atoms with E-state index in [0.717, 1.165) is 11.3 Å². The quantitative estimate of drug-likeness (QED) is 0.349. The van der Waals surface area contributed by atoms with Crippen molar-refractivity contribution in [2.75, 3.05) is 18.2 Å². The first-order valence-corrected chi connectivity index (χ1v) is 11.2. The fourth-order valence-electron chi connectivity index (χ4n) is 2.83. The summed E-state index contributed by atoms with van der Waals surface area (Å²) in [5.74, 6) is -0.940. The number of nitrogens with zero attached hydrogens (tertiary/aromatic N) is 2. The number of ether oxygens (including phenoxy) is 1. The van der Waals surface area contributed by atoms with Crippen LogP contribution in [0.4, 0.5) is 5.69 Å². The number of benzene rings is 1. The zero-order valence-electron chi connectivity index (χ0n) is 16.4. The van der Waals surface area contributed by atoms with E-state index >= 15 is 0 Å². The second-order valence-electron chi connectivity index (χ2n) is 6.09. The molecule has 0 atom stereocenters. The molecule has 3 rings (SSSR count). The van der Waals surface area contributed by atoms with Crippen LogP contribution >= 0.6 is 23.1 Å². The van der Waals surface area contributed by atoms with Crippen molar-refractivity contribution in [2.45, 2.75) is 32.0 Å². The van der Waals surface area contributed by atoms with E-state index in [0.29, 0.717) is 21.1 Å². The summed E-state index contributed by atoms with van der Waals surface area (Å²) in [5.41, 5.74) is 0.357. The van der Waals surface area contributed by atoms with E-state index < -0.39 is 11.9 Å². The first kappa shape index (κ1) is 21.1. The Morgan fingerprint density at radius 1 is 1.28 bits per heavy atom. The molecule has 29 heavy (non-hydrogen) atoms. The monoisotopic (exact) mass is 431 g/mol. The summed E-state index contributed by atoms with van der Waals surface area (Å²) in [6.45, 7) is 3.77. The number of fused-ring (bicyclic) bond motifs is 1. The fraction of sp³-hybridized carbons (Fsp3) is 0.300. The zero-order valence-corrected chi connectivity index (χ0v) is 18.0. The molecular formula is C20H21N3O4S2. The SMILES string of the molecule is CCOC(=O)c1ccccc1NC(=O)Cn1c(SC)nc2sc(CC)cc2c1=O. The molecule has 1 N–H and O–H groups in total. The molecule has 0 saturated carbocycles. The van der Waals surface area contributed by atoms with Crippen LogP contribution in [0.2, 0.25) is 0 Å². The average Bonchev–Trinajstić information content (AvgIpc) is 3.14. The zero-order chi connectivity index (χ0) is 21.0. The molecule has 0 aliphatic rings. The molecule has 1 amide bonds. The number of carbonyl (C=O) groups is 2. The number of para-hydroxylation sites is 1. The Morgan fingerprint density at radius 2 is 2.03 bits per heavy atom. The molecule has 9 heteroatoms. The number of thioether (sulfide) groups is 1. The van der Waals surface area contributed by atoms with Crippen LogP contribution in [-0.2, 0) is 22.5 Å². The number of carbonyl (C=O) groups excluding carboxylic acids is 2. The minimum Gasteiger partial charge on any atom is -0.462 e. The lowest BCUT2D eigenvalue weighted by molar-refractivity contribution is -0.116. The number of amides is 1. The Kier molecular flexibility index (Phi) is 6.71. The van der Waals surface area contributed by atoms with E-state index in [4.69, 9.17) is 4.74 Å². The number of hydrogen-bond donors (Lipinski definition) is 1. The van der Waals surface area contributed by atoms with Gasteiger partial charge in [-0.2, -0.15) is 0 Å². The molecule has 0 aliphatic carbocycles. The maximum atomic E-state index is 12.9. The third-order valence-electron chi connectivity index (χ3n) is 4.20. The third-order valence-corrected chi connectivity index (χ3v) is 6.05. The highest BCUT2D eigenvalue weighted by molar-refractivity contribution is 7.98. The van der Waals surface area contributed by atoms with Crippen molar-refractivity contribution in [3.63, 3.8) is 0 Å². The molecule has 152 valence electrons. The molecule has 1 aromatic carbocycles. The second-order valence-corrected chi connectivity index (χ2v) is 7.98. The van der Waals surface area contributed by atoms with Crippen molar-refractivity contribution in [1.29, 1.82) is 0 Å². The van der Waals surface area contributed by atoms with Gasteiger partial charge < -0.3 is 10.1 Å². The second kappa shape index (κ2) is 9.23. The van der Waals surface area contributed by atoms with E-state index in [1.165, 1.54) is 27.7 Å². The normalized spacial score (nSPS) is 10.9. The van der Waals surface area contributed by atoms with Crippen LogP contribution in [0.25, 0.3) is 10.2 Å². The highest BCUT2D eigenvalue weighted by atomic mass is 32.2. The molecule has 0 aliphatic heterocycles. The number of anilines is 1. The molecular weight excluding hydrogens is 410 g/mol. The summed E-state index contributed by atoms with van der Waals surface area (Å²) in [5, 5.41) is 3.70. The minimum atomic E-state index is -0.515. The van der Waals surface area contributed by atoms with Crippen LogP contribution in [0.5, 0.6) is 0 Å². The largest absolute Gasteiger partial charge is 0.462 e. The van der Waals surface area contributed by atoms with Crippen molar-refractivity contribution in [2.24, 2.45) is 0 Å². The highest BCUT2D eigenvalue weighted by Crippen LogP contribution is 2.24. The van der Waals surface area contributed by atoms with Crippen molar-refractivity contribution in [3.8, 4) is 0 Å². The molecule has 3 aromatic rings. The summed E-state index contributed by atoms with van der Waals surface area (Å²) in [6, 6.07) is 8.44. The lowest BCUT2D eigenvalue weighted by atomic mass is 10.2. The Bertz CT molecular complexity index is 1120. The topological polar surface area (TPSA) is 90.3 Å². The number of thiophene rings is 1. The van der Waals surface area contributed by atoms with E-state index in [2.05, 4.69) is 10.3 Å². The number of nitrogens with one attached hydrogen (secondary N) is 1. The van der Waals surface area contributed by atoms with Gasteiger partial charge in [0.25, 0.3) is 5.56 Å². The predicted octanol–water partition coefficient (Wildman–Crippen LogP) is 3.56. The van der Waals surface area contributed by atoms with Crippen molar-refractivity contribution < 1.29 is 14.3 Å². The highest BCUT2D eigenvalue weighted by Gasteiger charge is 2.18. The molecule has 0 spiro atoms. The van der Waals surface area contributed by atoms with Crippen LogP contribution in [0, 0.1) is 0 Å². The van der Waals surface area contributed by atoms with Crippen LogP contribution < -0.4 is 10.9 Å². The molecule has 0 bridgehead atoms.